The summed E-state index contributed by atoms with van der Waals surface area (Å²) in [6, 6.07) is 4.37. The second-order valence-electron chi connectivity index (χ2n) is 8.25. The van der Waals surface area contributed by atoms with Crippen molar-refractivity contribution in [3.05, 3.63) is 29.6 Å². The molecule has 2 unspecified atom stereocenters. The first-order valence-electron chi connectivity index (χ1n) is 10.0. The fourth-order valence-electron chi connectivity index (χ4n) is 4.78. The van der Waals surface area contributed by atoms with Gasteiger partial charge in [-0.3, -0.25) is 9.88 Å². The van der Waals surface area contributed by atoms with Crippen LogP contribution in [-0.4, -0.2) is 29.1 Å². The molecule has 1 aromatic heterocycles. The Bertz CT molecular complexity index is 504. The Morgan fingerprint density at radius 3 is 2.67 bits per heavy atom. The first kappa shape index (κ1) is 17.9. The van der Waals surface area contributed by atoms with Gasteiger partial charge in [0.2, 0.25) is 0 Å². The predicted molar refractivity (Wildman–Crippen MR) is 101 cm³/mol. The molecule has 24 heavy (non-hydrogen) atoms. The molecule has 1 saturated heterocycles. The average molecular weight is 330 g/mol. The van der Waals surface area contributed by atoms with Gasteiger partial charge in [-0.15, -0.1) is 0 Å². The van der Waals surface area contributed by atoms with Crippen LogP contribution in [0.3, 0.4) is 0 Å². The largest absolute Gasteiger partial charge is 0.316 e. The van der Waals surface area contributed by atoms with E-state index in [0.717, 1.165) is 13.0 Å². The molecule has 1 aliphatic heterocycles. The molecule has 0 spiro atoms. The summed E-state index contributed by atoms with van der Waals surface area (Å²) >= 11 is 0. The number of nitrogens with zero attached hydrogens (tertiary/aromatic N) is 2. The van der Waals surface area contributed by atoms with E-state index in [1.807, 2.05) is 6.20 Å². The van der Waals surface area contributed by atoms with Gasteiger partial charge in [-0.1, -0.05) is 38.7 Å². The normalized spacial score (nSPS) is 28.0. The zero-order valence-electron chi connectivity index (χ0n) is 15.6. The molecular formula is C21H35N3. The Labute approximate surface area is 148 Å². The summed E-state index contributed by atoms with van der Waals surface area (Å²) in [7, 11) is 0. The summed E-state index contributed by atoms with van der Waals surface area (Å²) in [6.45, 7) is 6.80. The lowest BCUT2D eigenvalue weighted by Crippen LogP contribution is -2.48. The fraction of sp³-hybridized carbons (Fsp3) is 0.762. The molecule has 1 aromatic rings. The first-order chi connectivity index (χ1) is 11.6. The van der Waals surface area contributed by atoms with Gasteiger partial charge in [0.15, 0.2) is 0 Å². The van der Waals surface area contributed by atoms with Crippen molar-refractivity contribution < 1.29 is 0 Å². The lowest BCUT2D eigenvalue weighted by Gasteiger charge is -2.42. The number of hydrogen-bond donors (Lipinski definition) is 1. The highest BCUT2D eigenvalue weighted by molar-refractivity contribution is 5.16. The number of piperidine rings is 1. The Morgan fingerprint density at radius 1 is 1.25 bits per heavy atom. The highest BCUT2D eigenvalue weighted by Gasteiger charge is 2.33. The molecule has 2 heterocycles. The molecule has 3 rings (SSSR count). The van der Waals surface area contributed by atoms with Gasteiger partial charge >= 0.3 is 0 Å². The van der Waals surface area contributed by atoms with E-state index in [1.165, 1.54) is 69.2 Å². The summed E-state index contributed by atoms with van der Waals surface area (Å²) in [4.78, 5) is 7.17. The quantitative estimate of drug-likeness (QED) is 0.858. The molecule has 0 radical (unpaired) electrons. The van der Waals surface area contributed by atoms with Crippen molar-refractivity contribution >= 4 is 0 Å². The number of aryl methyl sites for hydroxylation is 1. The molecule has 0 amide bonds. The van der Waals surface area contributed by atoms with Crippen molar-refractivity contribution in [2.45, 2.75) is 83.7 Å². The van der Waals surface area contributed by atoms with Gasteiger partial charge < -0.3 is 5.73 Å². The van der Waals surface area contributed by atoms with E-state index in [-0.39, 0.29) is 6.17 Å². The smallest absolute Gasteiger partial charge is 0.0578 e. The van der Waals surface area contributed by atoms with Gasteiger partial charge in [-0.05, 0) is 56.1 Å². The molecule has 2 aliphatic rings. The summed E-state index contributed by atoms with van der Waals surface area (Å²) < 4.78 is 0. The van der Waals surface area contributed by atoms with E-state index in [1.54, 1.807) is 0 Å². The maximum atomic E-state index is 6.53. The van der Waals surface area contributed by atoms with Crippen LogP contribution >= 0.6 is 0 Å². The van der Waals surface area contributed by atoms with Crippen LogP contribution in [0.15, 0.2) is 18.3 Å². The lowest BCUT2D eigenvalue weighted by atomic mass is 9.70. The zero-order chi connectivity index (χ0) is 17.0. The first-order valence-corrected chi connectivity index (χ1v) is 10.0. The third-order valence-electron chi connectivity index (χ3n) is 6.71. The highest BCUT2D eigenvalue weighted by atomic mass is 15.2. The van der Waals surface area contributed by atoms with E-state index in [9.17, 15) is 0 Å². The minimum atomic E-state index is 0.198. The van der Waals surface area contributed by atoms with Crippen LogP contribution < -0.4 is 5.73 Å². The summed E-state index contributed by atoms with van der Waals surface area (Å²) in [6.07, 6.45) is 14.3. The Morgan fingerprint density at radius 2 is 2.04 bits per heavy atom. The topological polar surface area (TPSA) is 42.2 Å². The van der Waals surface area contributed by atoms with E-state index >= 15 is 0 Å². The summed E-state index contributed by atoms with van der Waals surface area (Å²) in [5.41, 5.74) is 9.60. The molecule has 2 atom stereocenters. The van der Waals surface area contributed by atoms with Gasteiger partial charge in [0, 0.05) is 30.9 Å². The van der Waals surface area contributed by atoms with Crippen molar-refractivity contribution in [2.75, 3.05) is 13.1 Å². The van der Waals surface area contributed by atoms with Crippen LogP contribution in [0.2, 0.25) is 0 Å². The Hall–Kier alpha value is -0.930. The van der Waals surface area contributed by atoms with Gasteiger partial charge in [0.05, 0.1) is 6.17 Å². The van der Waals surface area contributed by atoms with Crippen LogP contribution in [0.25, 0.3) is 0 Å². The second kappa shape index (κ2) is 7.97. The number of rotatable bonds is 5. The van der Waals surface area contributed by atoms with Crippen LogP contribution in [0, 0.1) is 12.3 Å². The number of likely N-dealkylation sites (tertiary alicyclic amines) is 1. The fourth-order valence-corrected chi connectivity index (χ4v) is 4.78. The summed E-state index contributed by atoms with van der Waals surface area (Å²) in [5, 5.41) is 0. The van der Waals surface area contributed by atoms with Gasteiger partial charge in [0.25, 0.3) is 0 Å². The van der Waals surface area contributed by atoms with Crippen molar-refractivity contribution in [2.24, 2.45) is 11.1 Å². The van der Waals surface area contributed by atoms with Gasteiger partial charge in [-0.2, -0.15) is 0 Å². The average Bonchev–Trinajstić information content (AvgIpc) is 2.62. The van der Waals surface area contributed by atoms with Crippen molar-refractivity contribution in [3.63, 3.8) is 0 Å². The van der Waals surface area contributed by atoms with Crippen molar-refractivity contribution in [1.29, 1.82) is 0 Å². The SMILES string of the molecule is CCC1(CCN2CCC(c3ccc(C)cn3)CC2N)CCCCC1. The molecular weight excluding hydrogens is 294 g/mol. The van der Waals surface area contributed by atoms with Crippen LogP contribution in [0.1, 0.15) is 81.9 Å². The third kappa shape index (κ3) is 4.18. The lowest BCUT2D eigenvalue weighted by molar-refractivity contribution is 0.0893. The standard InChI is InChI=1S/C21H35N3/c1-3-21(10-5-4-6-11-21)12-14-24-13-9-18(15-20(24)22)19-8-7-17(2)16-23-19/h7-8,16,18,20H,3-6,9-15,22H2,1-2H3. The van der Waals surface area contributed by atoms with Crippen molar-refractivity contribution in [3.8, 4) is 0 Å². The molecule has 1 aliphatic carbocycles. The molecule has 134 valence electrons. The van der Waals surface area contributed by atoms with Crippen molar-refractivity contribution in [1.82, 2.24) is 9.88 Å². The minimum Gasteiger partial charge on any atom is -0.316 e. The second-order valence-corrected chi connectivity index (χ2v) is 8.25. The molecule has 1 saturated carbocycles. The van der Waals surface area contributed by atoms with E-state index < -0.39 is 0 Å². The Balaban J connectivity index is 1.53. The molecule has 0 bridgehead atoms. The number of hydrogen-bond acceptors (Lipinski definition) is 3. The van der Waals surface area contributed by atoms with E-state index in [4.69, 9.17) is 5.73 Å². The van der Waals surface area contributed by atoms with Gasteiger partial charge in [0.1, 0.15) is 0 Å². The number of aromatic nitrogens is 1. The molecule has 3 nitrogen and oxygen atoms in total. The van der Waals surface area contributed by atoms with Gasteiger partial charge in [-0.25, -0.2) is 0 Å². The van der Waals surface area contributed by atoms with Crippen LogP contribution in [0.4, 0.5) is 0 Å². The van der Waals surface area contributed by atoms with Crippen LogP contribution in [-0.2, 0) is 0 Å². The van der Waals surface area contributed by atoms with Crippen LogP contribution in [0.5, 0.6) is 0 Å². The number of pyridine rings is 1. The predicted octanol–water partition coefficient (Wildman–Crippen LogP) is 4.60. The molecule has 2 N–H and O–H groups in total. The highest BCUT2D eigenvalue weighted by Crippen LogP contribution is 2.42. The minimum absolute atomic E-state index is 0.198. The van der Waals surface area contributed by atoms with E-state index in [2.05, 4.69) is 35.9 Å². The molecule has 0 aromatic carbocycles. The molecule has 2 fully saturated rings. The maximum Gasteiger partial charge on any atom is 0.0578 e. The Kier molecular flexibility index (Phi) is 5.93. The monoisotopic (exact) mass is 329 g/mol. The summed E-state index contributed by atoms with van der Waals surface area (Å²) in [5.74, 6) is 0.534. The number of nitrogens with two attached hydrogens (primary N) is 1. The molecule has 3 heteroatoms. The maximum absolute atomic E-state index is 6.53. The van der Waals surface area contributed by atoms with E-state index in [0.29, 0.717) is 11.3 Å². The zero-order valence-corrected chi connectivity index (χ0v) is 15.6. The third-order valence-corrected chi connectivity index (χ3v) is 6.71.